The number of hydrogen-bond donors (Lipinski definition) is 1. The van der Waals surface area contributed by atoms with Crippen LogP contribution in [-0.4, -0.2) is 35.8 Å². The number of amides is 2. The van der Waals surface area contributed by atoms with Crippen LogP contribution in [-0.2, 0) is 4.79 Å². The maximum Gasteiger partial charge on any atom is 0.251 e. The Morgan fingerprint density at radius 3 is 2.47 bits per heavy atom. The zero-order chi connectivity index (χ0) is 23.1. The highest BCUT2D eigenvalue weighted by Crippen LogP contribution is 2.52. The summed E-state index contributed by atoms with van der Waals surface area (Å²) >= 11 is 0. The highest BCUT2D eigenvalue weighted by molar-refractivity contribution is 5.94. The third-order valence-corrected chi connectivity index (χ3v) is 9.43. The van der Waals surface area contributed by atoms with Crippen LogP contribution in [0.1, 0.15) is 93.0 Å². The van der Waals surface area contributed by atoms with Gasteiger partial charge in [0, 0.05) is 42.6 Å². The first-order chi connectivity index (χ1) is 16.6. The molecule has 2 amide bonds. The lowest BCUT2D eigenvalue weighted by Gasteiger charge is -2.37. The molecule has 0 bridgehead atoms. The number of hydrogen-bond acceptors (Lipinski definition) is 2. The summed E-state index contributed by atoms with van der Waals surface area (Å²) < 4.78 is 0. The Labute approximate surface area is 204 Å². The minimum Gasteiger partial charge on any atom is -0.349 e. The summed E-state index contributed by atoms with van der Waals surface area (Å²) in [4.78, 5) is 27.9. The van der Waals surface area contributed by atoms with Crippen LogP contribution in [0.4, 0.5) is 0 Å². The largest absolute Gasteiger partial charge is 0.349 e. The molecule has 4 aliphatic carbocycles. The molecule has 1 saturated heterocycles. The van der Waals surface area contributed by atoms with E-state index in [1.807, 2.05) is 24.3 Å². The SMILES string of the molecule is O=C(NC1CCC2(CC1)CCN(C(=O)CC1CCC3CC3C1)C2)c1ccc(C#CC2CC2)cc1. The summed E-state index contributed by atoms with van der Waals surface area (Å²) in [5.41, 5.74) is 1.99. The average Bonchev–Trinajstić information content (AvgIpc) is 3.78. The van der Waals surface area contributed by atoms with Crippen molar-refractivity contribution in [3.63, 3.8) is 0 Å². The molecular weight excluding hydrogens is 420 g/mol. The Bertz CT molecular complexity index is 991. The molecule has 180 valence electrons. The van der Waals surface area contributed by atoms with Crippen LogP contribution in [0.15, 0.2) is 24.3 Å². The molecule has 3 unspecified atom stereocenters. The number of carbonyl (C=O) groups excluding carboxylic acids is 2. The van der Waals surface area contributed by atoms with Gasteiger partial charge in [0.05, 0.1) is 0 Å². The second-order valence-corrected chi connectivity index (χ2v) is 12.1. The van der Waals surface area contributed by atoms with Gasteiger partial charge >= 0.3 is 0 Å². The van der Waals surface area contributed by atoms with E-state index in [1.165, 1.54) is 38.5 Å². The lowest BCUT2D eigenvalue weighted by Crippen LogP contribution is -2.42. The number of fused-ring (bicyclic) bond motifs is 1. The van der Waals surface area contributed by atoms with E-state index in [0.29, 0.717) is 17.7 Å². The van der Waals surface area contributed by atoms with Gasteiger partial charge < -0.3 is 10.2 Å². The molecule has 1 aromatic rings. The van der Waals surface area contributed by atoms with E-state index in [9.17, 15) is 9.59 Å². The molecule has 0 aromatic heterocycles. The third kappa shape index (κ3) is 5.04. The van der Waals surface area contributed by atoms with Crippen molar-refractivity contribution < 1.29 is 9.59 Å². The first kappa shape index (κ1) is 22.2. The number of benzene rings is 1. The van der Waals surface area contributed by atoms with Gasteiger partial charge in [0.2, 0.25) is 5.91 Å². The van der Waals surface area contributed by atoms with Crippen molar-refractivity contribution in [2.24, 2.45) is 29.1 Å². The van der Waals surface area contributed by atoms with Crippen LogP contribution in [0.25, 0.3) is 0 Å². The van der Waals surface area contributed by atoms with E-state index >= 15 is 0 Å². The van der Waals surface area contributed by atoms with Crippen LogP contribution < -0.4 is 5.32 Å². The number of nitrogens with one attached hydrogen (secondary N) is 1. The van der Waals surface area contributed by atoms with Crippen molar-refractivity contribution in [2.75, 3.05) is 13.1 Å². The normalized spacial score (nSPS) is 34.2. The van der Waals surface area contributed by atoms with Crippen molar-refractivity contribution in [1.29, 1.82) is 0 Å². The monoisotopic (exact) mass is 458 g/mol. The molecule has 5 aliphatic rings. The number of nitrogens with zero attached hydrogens (tertiary/aromatic N) is 1. The lowest BCUT2D eigenvalue weighted by atomic mass is 9.72. The molecule has 1 aromatic carbocycles. The molecule has 5 fully saturated rings. The fraction of sp³-hybridized carbons (Fsp3) is 0.667. The number of rotatable bonds is 4. The van der Waals surface area contributed by atoms with Gasteiger partial charge in [-0.2, -0.15) is 0 Å². The fourth-order valence-corrected chi connectivity index (χ4v) is 6.83. The van der Waals surface area contributed by atoms with Gasteiger partial charge in [-0.25, -0.2) is 0 Å². The fourth-order valence-electron chi connectivity index (χ4n) is 6.83. The van der Waals surface area contributed by atoms with E-state index in [4.69, 9.17) is 0 Å². The zero-order valence-corrected chi connectivity index (χ0v) is 20.4. The molecule has 3 atom stereocenters. The van der Waals surface area contributed by atoms with Gasteiger partial charge in [0.25, 0.3) is 5.91 Å². The predicted molar refractivity (Wildman–Crippen MR) is 133 cm³/mol. The maximum atomic E-state index is 13.0. The molecule has 4 heteroatoms. The average molecular weight is 459 g/mol. The smallest absolute Gasteiger partial charge is 0.251 e. The molecule has 4 nitrogen and oxygen atoms in total. The van der Waals surface area contributed by atoms with Crippen molar-refractivity contribution in [3.8, 4) is 11.8 Å². The molecule has 1 spiro atoms. The Balaban J connectivity index is 0.958. The number of carbonyl (C=O) groups is 2. The molecule has 4 saturated carbocycles. The predicted octanol–water partition coefficient (Wildman–Crippen LogP) is 5.17. The topological polar surface area (TPSA) is 49.4 Å². The van der Waals surface area contributed by atoms with Gasteiger partial charge in [0.1, 0.15) is 0 Å². The van der Waals surface area contributed by atoms with E-state index < -0.39 is 0 Å². The van der Waals surface area contributed by atoms with Crippen LogP contribution >= 0.6 is 0 Å². The molecule has 0 radical (unpaired) electrons. The van der Waals surface area contributed by atoms with Crippen LogP contribution in [0, 0.1) is 40.9 Å². The van der Waals surface area contributed by atoms with Gasteiger partial charge in [-0.3, -0.25) is 9.59 Å². The summed E-state index contributed by atoms with van der Waals surface area (Å²) in [6, 6.07) is 7.95. The van der Waals surface area contributed by atoms with E-state index in [-0.39, 0.29) is 17.4 Å². The molecule has 1 heterocycles. The Morgan fingerprint density at radius 2 is 1.74 bits per heavy atom. The van der Waals surface area contributed by atoms with Crippen LogP contribution in [0.2, 0.25) is 0 Å². The second-order valence-electron chi connectivity index (χ2n) is 12.1. The van der Waals surface area contributed by atoms with Crippen LogP contribution in [0.3, 0.4) is 0 Å². The molecule has 1 N–H and O–H groups in total. The van der Waals surface area contributed by atoms with E-state index in [0.717, 1.165) is 74.6 Å². The zero-order valence-electron chi connectivity index (χ0n) is 20.4. The number of likely N-dealkylation sites (tertiary alicyclic amines) is 1. The maximum absolute atomic E-state index is 13.0. The standard InChI is InChI=1S/C30H38N2O2/c33-28(18-23-7-10-25-19-26(25)17-23)32-16-15-30(20-32)13-11-27(12-14-30)31-29(34)24-8-5-22(6-9-24)4-3-21-1-2-21/h5-6,8-9,21,23,25-27H,1-2,7,10-20H2,(H,31,34). The first-order valence-corrected chi connectivity index (χ1v) is 13.8. The van der Waals surface area contributed by atoms with Gasteiger partial charge in [-0.1, -0.05) is 11.8 Å². The molecule has 34 heavy (non-hydrogen) atoms. The summed E-state index contributed by atoms with van der Waals surface area (Å²) in [7, 11) is 0. The Morgan fingerprint density at radius 1 is 0.941 bits per heavy atom. The van der Waals surface area contributed by atoms with Gasteiger partial charge in [-0.15, -0.1) is 0 Å². The summed E-state index contributed by atoms with van der Waals surface area (Å²) in [5.74, 6) is 10.1. The quantitative estimate of drug-likeness (QED) is 0.633. The first-order valence-electron chi connectivity index (χ1n) is 13.8. The lowest BCUT2D eigenvalue weighted by molar-refractivity contribution is -0.132. The summed E-state index contributed by atoms with van der Waals surface area (Å²) in [5, 5.41) is 3.26. The van der Waals surface area contributed by atoms with Crippen LogP contribution in [0.5, 0.6) is 0 Å². The molecule has 6 rings (SSSR count). The molecular formula is C30H38N2O2. The van der Waals surface area contributed by atoms with Crippen molar-refractivity contribution in [1.82, 2.24) is 10.2 Å². The minimum atomic E-state index is 0.0243. The minimum absolute atomic E-state index is 0.0243. The Hall–Kier alpha value is -2.28. The third-order valence-electron chi connectivity index (χ3n) is 9.43. The van der Waals surface area contributed by atoms with Gasteiger partial charge in [0.15, 0.2) is 0 Å². The van der Waals surface area contributed by atoms with Crippen molar-refractivity contribution >= 4 is 11.8 Å². The highest BCUT2D eigenvalue weighted by Gasteiger charge is 2.45. The molecule has 1 aliphatic heterocycles. The Kier molecular flexibility index (Phi) is 5.92. The summed E-state index contributed by atoms with van der Waals surface area (Å²) in [6.45, 7) is 1.87. The van der Waals surface area contributed by atoms with Crippen molar-refractivity contribution in [3.05, 3.63) is 35.4 Å². The second kappa shape index (κ2) is 9.06. The van der Waals surface area contributed by atoms with Gasteiger partial charge in [-0.05, 0) is 118 Å². The van der Waals surface area contributed by atoms with E-state index in [2.05, 4.69) is 22.1 Å². The highest BCUT2D eigenvalue weighted by atomic mass is 16.2. The summed E-state index contributed by atoms with van der Waals surface area (Å²) in [6.07, 6.45) is 14.0. The van der Waals surface area contributed by atoms with Crippen molar-refractivity contribution in [2.45, 2.75) is 83.1 Å². The van der Waals surface area contributed by atoms with E-state index in [1.54, 1.807) is 0 Å².